The number of benzene rings is 1. The minimum atomic E-state index is -1.07. The van der Waals surface area contributed by atoms with Crippen molar-refractivity contribution in [3.8, 4) is 0 Å². The van der Waals surface area contributed by atoms with Crippen LogP contribution in [0.3, 0.4) is 0 Å². The van der Waals surface area contributed by atoms with Crippen LogP contribution < -0.4 is 10.6 Å². The monoisotopic (exact) mass is 354 g/mol. The molecule has 6 heteroatoms. The highest BCUT2D eigenvalue weighted by molar-refractivity contribution is 9.10. The van der Waals surface area contributed by atoms with Gasteiger partial charge in [-0.15, -0.1) is 0 Å². The van der Waals surface area contributed by atoms with E-state index < -0.39 is 5.97 Å². The average Bonchev–Trinajstić information content (AvgIpc) is 2.86. The molecule has 1 aliphatic carbocycles. The zero-order valence-electron chi connectivity index (χ0n) is 11.9. The highest BCUT2D eigenvalue weighted by Crippen LogP contribution is 2.36. The van der Waals surface area contributed by atoms with Gasteiger partial charge in [0.2, 0.25) is 0 Å². The van der Waals surface area contributed by atoms with Crippen LogP contribution in [0.4, 0.5) is 10.5 Å². The maximum Gasteiger partial charge on any atom is 0.337 e. The molecular weight excluding hydrogens is 336 g/mol. The van der Waals surface area contributed by atoms with Crippen molar-refractivity contribution < 1.29 is 14.7 Å². The Labute approximate surface area is 132 Å². The lowest BCUT2D eigenvalue weighted by molar-refractivity contribution is 0.0698. The van der Waals surface area contributed by atoms with E-state index in [1.807, 2.05) is 0 Å². The van der Waals surface area contributed by atoms with Crippen molar-refractivity contribution in [2.24, 2.45) is 5.41 Å². The Kier molecular flexibility index (Phi) is 4.88. The first-order valence-electron chi connectivity index (χ1n) is 6.98. The largest absolute Gasteiger partial charge is 0.478 e. The minimum Gasteiger partial charge on any atom is -0.478 e. The van der Waals surface area contributed by atoms with Crippen LogP contribution in [0, 0.1) is 5.41 Å². The summed E-state index contributed by atoms with van der Waals surface area (Å²) in [7, 11) is 0. The lowest BCUT2D eigenvalue weighted by Crippen LogP contribution is -2.37. The molecule has 2 amide bonds. The predicted octanol–water partition coefficient (Wildman–Crippen LogP) is 3.85. The van der Waals surface area contributed by atoms with Gasteiger partial charge in [-0.25, -0.2) is 9.59 Å². The van der Waals surface area contributed by atoms with Gasteiger partial charge < -0.3 is 15.7 Å². The normalized spacial score (nSPS) is 16.5. The second kappa shape index (κ2) is 6.47. The number of para-hydroxylation sites is 1. The zero-order chi connectivity index (χ0) is 15.5. The van der Waals surface area contributed by atoms with Crippen molar-refractivity contribution in [3.63, 3.8) is 0 Å². The molecule has 1 aromatic rings. The number of rotatable bonds is 4. The highest BCUT2D eigenvalue weighted by Gasteiger charge is 2.29. The van der Waals surface area contributed by atoms with Crippen LogP contribution in [0.1, 0.15) is 43.0 Å². The summed E-state index contributed by atoms with van der Waals surface area (Å²) in [4.78, 5) is 23.2. The van der Waals surface area contributed by atoms with Crippen LogP contribution in [0.15, 0.2) is 22.7 Å². The third kappa shape index (κ3) is 3.97. The van der Waals surface area contributed by atoms with Crippen LogP contribution in [-0.4, -0.2) is 23.7 Å². The lowest BCUT2D eigenvalue weighted by Gasteiger charge is -2.24. The molecule has 0 saturated heterocycles. The summed E-state index contributed by atoms with van der Waals surface area (Å²) in [5, 5.41) is 14.6. The van der Waals surface area contributed by atoms with Gasteiger partial charge in [0.1, 0.15) is 0 Å². The number of amides is 2. The summed E-state index contributed by atoms with van der Waals surface area (Å²) in [5.41, 5.74) is 0.492. The van der Waals surface area contributed by atoms with Gasteiger partial charge in [0.25, 0.3) is 0 Å². The van der Waals surface area contributed by atoms with Crippen molar-refractivity contribution in [1.29, 1.82) is 0 Å². The summed E-state index contributed by atoms with van der Waals surface area (Å²) in [6, 6.07) is 4.40. The molecular formula is C15H19BrN2O3. The number of hydrogen-bond donors (Lipinski definition) is 3. The smallest absolute Gasteiger partial charge is 0.337 e. The fraction of sp³-hybridized carbons (Fsp3) is 0.467. The van der Waals surface area contributed by atoms with E-state index in [4.69, 9.17) is 5.11 Å². The van der Waals surface area contributed by atoms with Gasteiger partial charge in [-0.3, -0.25) is 0 Å². The van der Waals surface area contributed by atoms with Gasteiger partial charge in [-0.2, -0.15) is 0 Å². The summed E-state index contributed by atoms with van der Waals surface area (Å²) in [6.45, 7) is 2.77. The van der Waals surface area contributed by atoms with Crippen molar-refractivity contribution in [2.75, 3.05) is 11.9 Å². The average molecular weight is 355 g/mol. The quantitative estimate of drug-likeness (QED) is 0.768. The first kappa shape index (κ1) is 15.8. The Morgan fingerprint density at radius 1 is 1.33 bits per heavy atom. The Bertz CT molecular complexity index is 554. The molecule has 0 aromatic heterocycles. The van der Waals surface area contributed by atoms with Gasteiger partial charge in [0.15, 0.2) is 0 Å². The van der Waals surface area contributed by atoms with Crippen LogP contribution in [0.2, 0.25) is 0 Å². The van der Waals surface area contributed by atoms with E-state index in [2.05, 4.69) is 33.5 Å². The Morgan fingerprint density at radius 3 is 2.62 bits per heavy atom. The molecule has 0 heterocycles. The third-order valence-corrected chi connectivity index (χ3v) is 4.63. The van der Waals surface area contributed by atoms with Crippen LogP contribution in [0.5, 0.6) is 0 Å². The van der Waals surface area contributed by atoms with Crippen molar-refractivity contribution in [1.82, 2.24) is 5.32 Å². The topological polar surface area (TPSA) is 78.4 Å². The van der Waals surface area contributed by atoms with E-state index in [0.717, 1.165) is 12.8 Å². The predicted molar refractivity (Wildman–Crippen MR) is 84.7 cm³/mol. The van der Waals surface area contributed by atoms with Gasteiger partial charge in [0.05, 0.1) is 11.3 Å². The molecule has 0 unspecified atom stereocenters. The number of aromatic carboxylic acids is 1. The summed E-state index contributed by atoms with van der Waals surface area (Å²) < 4.78 is 0.546. The standard InChI is InChI=1S/C15H19BrN2O3/c1-15(7-2-3-8-15)9-17-14(21)18-12-10(13(19)20)5-4-6-11(12)16/h4-6H,2-3,7-9H2,1H3,(H,19,20)(H2,17,18,21). The molecule has 5 nitrogen and oxygen atoms in total. The molecule has 114 valence electrons. The van der Waals surface area contributed by atoms with Gasteiger partial charge in [0, 0.05) is 11.0 Å². The molecule has 0 radical (unpaired) electrons. The Hall–Kier alpha value is -1.56. The molecule has 1 aromatic carbocycles. The number of urea groups is 1. The minimum absolute atomic E-state index is 0.0617. The molecule has 1 aliphatic rings. The molecule has 21 heavy (non-hydrogen) atoms. The molecule has 1 saturated carbocycles. The zero-order valence-corrected chi connectivity index (χ0v) is 13.5. The number of halogens is 1. The summed E-state index contributed by atoms with van der Waals surface area (Å²) in [6.07, 6.45) is 4.63. The second-order valence-corrected chi connectivity index (χ2v) is 6.65. The van der Waals surface area contributed by atoms with E-state index in [1.165, 1.54) is 18.9 Å². The number of hydrogen-bond acceptors (Lipinski definition) is 2. The molecule has 3 N–H and O–H groups in total. The van der Waals surface area contributed by atoms with Gasteiger partial charge in [-0.05, 0) is 46.3 Å². The fourth-order valence-corrected chi connectivity index (χ4v) is 3.15. The van der Waals surface area contributed by atoms with E-state index in [-0.39, 0.29) is 22.7 Å². The van der Waals surface area contributed by atoms with Crippen LogP contribution in [0.25, 0.3) is 0 Å². The number of carbonyl (C=O) groups excluding carboxylic acids is 1. The van der Waals surface area contributed by atoms with Crippen LogP contribution in [-0.2, 0) is 0 Å². The third-order valence-electron chi connectivity index (χ3n) is 3.97. The Balaban J connectivity index is 2.01. The number of carbonyl (C=O) groups is 2. The first-order chi connectivity index (χ1) is 9.91. The van der Waals surface area contributed by atoms with Crippen LogP contribution >= 0.6 is 15.9 Å². The summed E-state index contributed by atoms with van der Waals surface area (Å²) in [5.74, 6) is -1.07. The number of carboxylic acids is 1. The second-order valence-electron chi connectivity index (χ2n) is 5.79. The van der Waals surface area contributed by atoms with E-state index in [1.54, 1.807) is 12.1 Å². The highest BCUT2D eigenvalue weighted by atomic mass is 79.9. The SMILES string of the molecule is CC1(CNC(=O)Nc2c(Br)cccc2C(=O)O)CCCC1. The maximum absolute atomic E-state index is 12.0. The van der Waals surface area contributed by atoms with E-state index in [9.17, 15) is 9.59 Å². The molecule has 0 spiro atoms. The van der Waals surface area contributed by atoms with E-state index in [0.29, 0.717) is 11.0 Å². The lowest BCUT2D eigenvalue weighted by atomic mass is 9.89. The van der Waals surface area contributed by atoms with E-state index >= 15 is 0 Å². The van der Waals surface area contributed by atoms with Gasteiger partial charge >= 0.3 is 12.0 Å². The molecule has 0 atom stereocenters. The molecule has 0 aliphatic heterocycles. The maximum atomic E-state index is 12.0. The molecule has 2 rings (SSSR count). The van der Waals surface area contributed by atoms with Crippen molar-refractivity contribution >= 4 is 33.6 Å². The Morgan fingerprint density at radius 2 is 2.00 bits per heavy atom. The van der Waals surface area contributed by atoms with Gasteiger partial charge in [-0.1, -0.05) is 25.8 Å². The van der Waals surface area contributed by atoms with Crippen molar-refractivity contribution in [3.05, 3.63) is 28.2 Å². The van der Waals surface area contributed by atoms with Crippen molar-refractivity contribution in [2.45, 2.75) is 32.6 Å². The summed E-state index contributed by atoms with van der Waals surface area (Å²) >= 11 is 3.27. The first-order valence-corrected chi connectivity index (χ1v) is 7.77. The number of anilines is 1. The number of carboxylic acid groups (broad SMARTS) is 1. The molecule has 1 fully saturated rings. The molecule has 0 bridgehead atoms. The fourth-order valence-electron chi connectivity index (χ4n) is 2.69. The number of nitrogens with one attached hydrogen (secondary N) is 2.